The number of aromatic nitrogens is 3. The van der Waals surface area contributed by atoms with Gasteiger partial charge in [0, 0.05) is 25.1 Å². The lowest BCUT2D eigenvalue weighted by Crippen LogP contribution is -2.39. The van der Waals surface area contributed by atoms with Crippen molar-refractivity contribution in [3.8, 4) is 0 Å². The molecule has 0 aromatic carbocycles. The summed E-state index contributed by atoms with van der Waals surface area (Å²) < 4.78 is 7.36. The van der Waals surface area contributed by atoms with E-state index in [4.69, 9.17) is 10.5 Å². The highest BCUT2D eigenvalue weighted by molar-refractivity contribution is 7.99. The van der Waals surface area contributed by atoms with Gasteiger partial charge in [0.25, 0.3) is 0 Å². The van der Waals surface area contributed by atoms with E-state index < -0.39 is 0 Å². The van der Waals surface area contributed by atoms with Gasteiger partial charge in [-0.2, -0.15) is 0 Å². The fourth-order valence-corrected chi connectivity index (χ4v) is 3.40. The van der Waals surface area contributed by atoms with Crippen LogP contribution in [0, 0.1) is 0 Å². The normalized spacial score (nSPS) is 21.9. The maximum atomic E-state index is 9.54. The molecule has 0 saturated heterocycles. The number of aliphatic hydroxyl groups excluding tert-OH is 1. The molecule has 2 aliphatic rings. The van der Waals surface area contributed by atoms with Crippen LogP contribution in [0.25, 0.3) is 0 Å². The second-order valence-electron chi connectivity index (χ2n) is 5.67. The minimum absolute atomic E-state index is 0.0193. The Morgan fingerprint density at radius 3 is 2.70 bits per heavy atom. The Labute approximate surface area is 123 Å². The van der Waals surface area contributed by atoms with Crippen LogP contribution in [0.15, 0.2) is 5.16 Å². The van der Waals surface area contributed by atoms with Gasteiger partial charge in [0.2, 0.25) is 0 Å². The van der Waals surface area contributed by atoms with Gasteiger partial charge in [-0.15, -0.1) is 10.2 Å². The zero-order valence-electron chi connectivity index (χ0n) is 11.7. The molecule has 0 radical (unpaired) electrons. The van der Waals surface area contributed by atoms with Crippen molar-refractivity contribution >= 4 is 11.8 Å². The number of ether oxygens (including phenoxy) is 1. The molecule has 7 heteroatoms. The largest absolute Gasteiger partial charge is 0.395 e. The van der Waals surface area contributed by atoms with E-state index in [-0.39, 0.29) is 17.9 Å². The first-order valence-corrected chi connectivity index (χ1v) is 8.09. The van der Waals surface area contributed by atoms with Gasteiger partial charge in [-0.05, 0) is 25.7 Å². The predicted octanol–water partition coefficient (Wildman–Crippen LogP) is 0.917. The third-order valence-electron chi connectivity index (χ3n) is 3.82. The van der Waals surface area contributed by atoms with Crippen LogP contribution in [0.3, 0.4) is 0 Å². The van der Waals surface area contributed by atoms with E-state index in [0.717, 1.165) is 11.0 Å². The van der Waals surface area contributed by atoms with Crippen molar-refractivity contribution in [1.29, 1.82) is 0 Å². The molecule has 6 nitrogen and oxygen atoms in total. The van der Waals surface area contributed by atoms with Gasteiger partial charge < -0.3 is 20.1 Å². The van der Waals surface area contributed by atoms with E-state index >= 15 is 0 Å². The number of aliphatic hydroxyl groups is 1. The summed E-state index contributed by atoms with van der Waals surface area (Å²) in [5, 5.41) is 19.0. The molecule has 112 valence electrons. The van der Waals surface area contributed by atoms with Gasteiger partial charge in [-0.1, -0.05) is 11.8 Å². The van der Waals surface area contributed by atoms with Crippen molar-refractivity contribution in [3.63, 3.8) is 0 Å². The summed E-state index contributed by atoms with van der Waals surface area (Å²) in [6.07, 6.45) is 4.86. The van der Waals surface area contributed by atoms with Crippen LogP contribution in [-0.2, 0) is 4.74 Å². The second-order valence-corrected chi connectivity index (χ2v) is 6.88. The molecule has 0 amide bonds. The Morgan fingerprint density at radius 1 is 1.40 bits per heavy atom. The molecule has 1 aromatic rings. The van der Waals surface area contributed by atoms with Gasteiger partial charge in [-0.25, -0.2) is 0 Å². The number of thioether (sulfide) groups is 1. The van der Waals surface area contributed by atoms with Crippen LogP contribution in [0.4, 0.5) is 0 Å². The zero-order chi connectivity index (χ0) is 14.1. The maximum absolute atomic E-state index is 9.54. The van der Waals surface area contributed by atoms with Crippen LogP contribution in [-0.4, -0.2) is 51.5 Å². The van der Waals surface area contributed by atoms with Crippen molar-refractivity contribution in [3.05, 3.63) is 5.82 Å². The smallest absolute Gasteiger partial charge is 0.191 e. The predicted molar refractivity (Wildman–Crippen MR) is 76.9 cm³/mol. The summed E-state index contributed by atoms with van der Waals surface area (Å²) in [7, 11) is 1.62. The molecule has 1 aromatic heterocycles. The lowest BCUT2D eigenvalue weighted by atomic mass is 10.2. The quantitative estimate of drug-likeness (QED) is 0.694. The molecule has 2 saturated carbocycles. The number of methoxy groups -OCH3 is 1. The van der Waals surface area contributed by atoms with Crippen molar-refractivity contribution < 1.29 is 9.84 Å². The van der Waals surface area contributed by atoms with Crippen LogP contribution in [0.1, 0.15) is 43.5 Å². The first kappa shape index (κ1) is 14.3. The molecule has 0 bridgehead atoms. The average Bonchev–Trinajstić information content (AvgIpc) is 3.35. The Morgan fingerprint density at radius 2 is 2.15 bits per heavy atom. The molecule has 3 rings (SSSR count). The molecule has 3 N–H and O–H groups in total. The van der Waals surface area contributed by atoms with Gasteiger partial charge in [-0.3, -0.25) is 0 Å². The molecule has 2 atom stereocenters. The van der Waals surface area contributed by atoms with Gasteiger partial charge in [0.05, 0.1) is 18.5 Å². The van der Waals surface area contributed by atoms with E-state index in [0.29, 0.717) is 18.6 Å². The van der Waals surface area contributed by atoms with Gasteiger partial charge >= 0.3 is 0 Å². The van der Waals surface area contributed by atoms with Crippen LogP contribution >= 0.6 is 11.8 Å². The molecule has 2 fully saturated rings. The Kier molecular flexibility index (Phi) is 4.30. The topological polar surface area (TPSA) is 86.2 Å². The van der Waals surface area contributed by atoms with Crippen LogP contribution in [0.2, 0.25) is 0 Å². The van der Waals surface area contributed by atoms with Crippen molar-refractivity contribution in [2.24, 2.45) is 5.73 Å². The SMILES string of the molecule is COCC(N)C(CO)Sc1nnc(C2CC2)n1C1CC1. The minimum atomic E-state index is -0.205. The molecule has 0 spiro atoms. The number of hydrogen-bond donors (Lipinski definition) is 2. The van der Waals surface area contributed by atoms with Crippen molar-refractivity contribution in [1.82, 2.24) is 14.8 Å². The van der Waals surface area contributed by atoms with Crippen molar-refractivity contribution in [2.75, 3.05) is 20.3 Å². The summed E-state index contributed by atoms with van der Waals surface area (Å²) in [4.78, 5) is 0. The number of hydrogen-bond acceptors (Lipinski definition) is 6. The van der Waals surface area contributed by atoms with Gasteiger partial charge in [0.1, 0.15) is 5.82 Å². The fourth-order valence-electron chi connectivity index (χ4n) is 2.36. The van der Waals surface area contributed by atoms with Crippen LogP contribution in [0.5, 0.6) is 0 Å². The monoisotopic (exact) mass is 298 g/mol. The van der Waals surface area contributed by atoms with E-state index in [2.05, 4.69) is 14.8 Å². The number of rotatable bonds is 8. The van der Waals surface area contributed by atoms with E-state index in [1.165, 1.54) is 37.4 Å². The standard InChI is InChI=1S/C13H22N4O2S/c1-19-7-10(14)11(6-18)20-13-16-15-12(8-2-3-8)17(13)9-4-5-9/h8-11,18H,2-7,14H2,1H3. The number of nitrogens with two attached hydrogens (primary N) is 1. The molecule has 0 aliphatic heterocycles. The highest BCUT2D eigenvalue weighted by Gasteiger charge is 2.37. The Hall–Kier alpha value is -0.630. The highest BCUT2D eigenvalue weighted by atomic mass is 32.2. The summed E-state index contributed by atoms with van der Waals surface area (Å²) in [6, 6.07) is 0.352. The van der Waals surface area contributed by atoms with Crippen LogP contribution < -0.4 is 5.73 Å². The molecule has 2 aliphatic carbocycles. The summed E-state index contributed by atoms with van der Waals surface area (Å²) in [5.41, 5.74) is 6.04. The molecule has 1 heterocycles. The van der Waals surface area contributed by atoms with E-state index in [9.17, 15) is 5.11 Å². The van der Waals surface area contributed by atoms with Gasteiger partial charge in [0.15, 0.2) is 5.16 Å². The second kappa shape index (κ2) is 6.01. The van der Waals surface area contributed by atoms with E-state index in [1.54, 1.807) is 7.11 Å². The van der Waals surface area contributed by atoms with E-state index in [1.807, 2.05) is 0 Å². The third-order valence-corrected chi connectivity index (χ3v) is 5.11. The minimum Gasteiger partial charge on any atom is -0.395 e. The Bertz CT molecular complexity index is 459. The molecule has 2 unspecified atom stereocenters. The summed E-state index contributed by atoms with van der Waals surface area (Å²) >= 11 is 1.53. The Balaban J connectivity index is 1.75. The first-order valence-electron chi connectivity index (χ1n) is 7.21. The molecular formula is C13H22N4O2S. The average molecular weight is 298 g/mol. The fraction of sp³-hybridized carbons (Fsp3) is 0.846. The lowest BCUT2D eigenvalue weighted by molar-refractivity contribution is 0.167. The lowest BCUT2D eigenvalue weighted by Gasteiger charge is -2.20. The van der Waals surface area contributed by atoms with Crippen molar-refractivity contribution in [2.45, 2.75) is 54.1 Å². The summed E-state index contributed by atoms with van der Waals surface area (Å²) in [5.74, 6) is 1.73. The molecule has 20 heavy (non-hydrogen) atoms. The summed E-state index contributed by atoms with van der Waals surface area (Å²) in [6.45, 7) is 0.455. The maximum Gasteiger partial charge on any atom is 0.191 e. The first-order chi connectivity index (χ1) is 9.74. The number of nitrogens with zero attached hydrogens (tertiary/aromatic N) is 3. The highest BCUT2D eigenvalue weighted by Crippen LogP contribution is 2.46. The molecular weight excluding hydrogens is 276 g/mol. The third kappa shape index (κ3) is 3.00. The zero-order valence-corrected chi connectivity index (χ0v) is 12.6.